The molecule has 1 heterocycles. The highest BCUT2D eigenvalue weighted by Crippen LogP contribution is 2.36. The molecule has 1 aromatic rings. The SMILES string of the molecule is COc1ccc(CN)cc1CN1CCC[C@H]2CCCC[C@H]21. The molecule has 0 bridgehead atoms. The zero-order valence-corrected chi connectivity index (χ0v) is 13.2. The van der Waals surface area contributed by atoms with Crippen molar-refractivity contribution in [3.05, 3.63) is 29.3 Å². The molecule has 3 nitrogen and oxygen atoms in total. The first kappa shape index (κ1) is 14.9. The third kappa shape index (κ3) is 3.24. The lowest BCUT2D eigenvalue weighted by molar-refractivity contribution is 0.0541. The summed E-state index contributed by atoms with van der Waals surface area (Å²) in [5, 5.41) is 0. The van der Waals surface area contributed by atoms with Crippen LogP contribution in [0.5, 0.6) is 5.75 Å². The van der Waals surface area contributed by atoms with Crippen LogP contribution in [0.4, 0.5) is 0 Å². The molecule has 3 heteroatoms. The van der Waals surface area contributed by atoms with Crippen molar-refractivity contribution in [1.29, 1.82) is 0 Å². The minimum Gasteiger partial charge on any atom is -0.496 e. The average molecular weight is 288 g/mol. The maximum absolute atomic E-state index is 5.80. The van der Waals surface area contributed by atoms with Crippen molar-refractivity contribution >= 4 is 0 Å². The maximum atomic E-state index is 5.80. The van der Waals surface area contributed by atoms with Crippen molar-refractivity contribution < 1.29 is 4.74 Å². The summed E-state index contributed by atoms with van der Waals surface area (Å²) in [6.07, 6.45) is 8.42. The fourth-order valence-corrected chi connectivity index (χ4v) is 4.23. The predicted octanol–water partition coefficient (Wildman–Crippen LogP) is 3.31. The van der Waals surface area contributed by atoms with Crippen molar-refractivity contribution in [1.82, 2.24) is 4.90 Å². The summed E-state index contributed by atoms with van der Waals surface area (Å²) in [6.45, 7) is 2.85. The number of methoxy groups -OCH3 is 1. The van der Waals surface area contributed by atoms with Crippen LogP contribution in [0.15, 0.2) is 18.2 Å². The van der Waals surface area contributed by atoms with Gasteiger partial charge in [0.05, 0.1) is 7.11 Å². The van der Waals surface area contributed by atoms with Crippen LogP contribution in [0.3, 0.4) is 0 Å². The first-order chi connectivity index (χ1) is 10.3. The molecular weight excluding hydrogens is 260 g/mol. The summed E-state index contributed by atoms with van der Waals surface area (Å²) < 4.78 is 5.55. The van der Waals surface area contributed by atoms with Gasteiger partial charge in [-0.15, -0.1) is 0 Å². The normalized spacial score (nSPS) is 26.4. The van der Waals surface area contributed by atoms with E-state index in [0.29, 0.717) is 6.54 Å². The highest BCUT2D eigenvalue weighted by atomic mass is 16.5. The van der Waals surface area contributed by atoms with Crippen LogP contribution in [-0.4, -0.2) is 24.6 Å². The highest BCUT2D eigenvalue weighted by Gasteiger charge is 2.33. The number of fused-ring (bicyclic) bond motifs is 1. The first-order valence-corrected chi connectivity index (χ1v) is 8.41. The number of hydrogen-bond donors (Lipinski definition) is 1. The van der Waals surface area contributed by atoms with Crippen LogP contribution >= 0.6 is 0 Å². The van der Waals surface area contributed by atoms with E-state index >= 15 is 0 Å². The van der Waals surface area contributed by atoms with Crippen LogP contribution in [0.1, 0.15) is 49.7 Å². The second kappa shape index (κ2) is 6.80. The molecule has 21 heavy (non-hydrogen) atoms. The number of nitrogens with zero attached hydrogens (tertiary/aromatic N) is 1. The van der Waals surface area contributed by atoms with Gasteiger partial charge < -0.3 is 10.5 Å². The van der Waals surface area contributed by atoms with Gasteiger partial charge in [0.15, 0.2) is 0 Å². The highest BCUT2D eigenvalue weighted by molar-refractivity contribution is 5.37. The molecular formula is C18H28N2O. The Hall–Kier alpha value is -1.06. The Morgan fingerprint density at radius 3 is 2.81 bits per heavy atom. The molecule has 0 spiro atoms. The lowest BCUT2D eigenvalue weighted by atomic mass is 9.78. The Morgan fingerprint density at radius 2 is 2.00 bits per heavy atom. The summed E-state index contributed by atoms with van der Waals surface area (Å²) in [7, 11) is 1.76. The Balaban J connectivity index is 1.78. The predicted molar refractivity (Wildman–Crippen MR) is 86.3 cm³/mol. The molecule has 2 fully saturated rings. The van der Waals surface area contributed by atoms with Gasteiger partial charge in [0.25, 0.3) is 0 Å². The molecule has 3 rings (SSSR count). The van der Waals surface area contributed by atoms with E-state index in [-0.39, 0.29) is 0 Å². The first-order valence-electron chi connectivity index (χ1n) is 8.41. The molecule has 1 saturated carbocycles. The molecule has 0 amide bonds. The Labute approximate surface area is 128 Å². The van der Waals surface area contributed by atoms with Crippen LogP contribution in [-0.2, 0) is 13.1 Å². The van der Waals surface area contributed by atoms with Crippen molar-refractivity contribution in [2.45, 2.75) is 57.7 Å². The second-order valence-corrected chi connectivity index (χ2v) is 6.57. The van der Waals surface area contributed by atoms with Crippen molar-refractivity contribution in [2.75, 3.05) is 13.7 Å². The van der Waals surface area contributed by atoms with Gasteiger partial charge in [-0.05, 0) is 55.8 Å². The zero-order valence-electron chi connectivity index (χ0n) is 13.2. The molecule has 0 aromatic heterocycles. The molecule has 116 valence electrons. The van der Waals surface area contributed by atoms with Gasteiger partial charge in [0.2, 0.25) is 0 Å². The van der Waals surface area contributed by atoms with E-state index in [2.05, 4.69) is 23.1 Å². The molecule has 1 saturated heterocycles. The Bertz CT molecular complexity index is 472. The minimum atomic E-state index is 0.600. The fraction of sp³-hybridized carbons (Fsp3) is 0.667. The fourth-order valence-electron chi connectivity index (χ4n) is 4.23. The quantitative estimate of drug-likeness (QED) is 0.924. The van der Waals surface area contributed by atoms with Gasteiger partial charge in [0.1, 0.15) is 5.75 Å². The van der Waals surface area contributed by atoms with Gasteiger partial charge in [0, 0.05) is 24.7 Å². The number of nitrogens with two attached hydrogens (primary N) is 1. The molecule has 2 atom stereocenters. The number of piperidine rings is 1. The van der Waals surface area contributed by atoms with Crippen molar-refractivity contribution in [3.8, 4) is 5.75 Å². The van der Waals surface area contributed by atoms with E-state index in [1.165, 1.54) is 56.2 Å². The van der Waals surface area contributed by atoms with Gasteiger partial charge >= 0.3 is 0 Å². The van der Waals surface area contributed by atoms with Crippen molar-refractivity contribution in [2.24, 2.45) is 11.7 Å². The number of hydrogen-bond acceptors (Lipinski definition) is 3. The van der Waals surface area contributed by atoms with E-state index in [1.807, 2.05) is 0 Å². The largest absolute Gasteiger partial charge is 0.496 e. The smallest absolute Gasteiger partial charge is 0.123 e. The van der Waals surface area contributed by atoms with Gasteiger partial charge in [-0.2, -0.15) is 0 Å². The number of benzene rings is 1. The number of rotatable bonds is 4. The average Bonchev–Trinajstić information content (AvgIpc) is 2.55. The Morgan fingerprint density at radius 1 is 1.19 bits per heavy atom. The lowest BCUT2D eigenvalue weighted by Gasteiger charge is -2.44. The lowest BCUT2D eigenvalue weighted by Crippen LogP contribution is -2.46. The summed E-state index contributed by atoms with van der Waals surface area (Å²) in [5.74, 6) is 1.93. The number of ether oxygens (including phenoxy) is 1. The summed E-state index contributed by atoms with van der Waals surface area (Å²) in [6, 6.07) is 7.16. The van der Waals surface area contributed by atoms with Crippen LogP contribution in [0, 0.1) is 5.92 Å². The minimum absolute atomic E-state index is 0.600. The van der Waals surface area contributed by atoms with Gasteiger partial charge in [-0.1, -0.05) is 18.9 Å². The zero-order chi connectivity index (χ0) is 14.7. The standard InChI is InChI=1S/C18H28N2O/c1-21-18-9-8-14(12-19)11-16(18)13-20-10-4-6-15-5-2-3-7-17(15)20/h8-9,11,15,17H,2-7,10,12-13,19H2,1H3/t15-,17-/m1/s1. The topological polar surface area (TPSA) is 38.5 Å². The number of likely N-dealkylation sites (tertiary alicyclic amines) is 1. The third-order valence-corrected chi connectivity index (χ3v) is 5.31. The summed E-state index contributed by atoms with van der Waals surface area (Å²) in [5.41, 5.74) is 8.29. The van der Waals surface area contributed by atoms with E-state index in [0.717, 1.165) is 24.3 Å². The molecule has 1 aromatic carbocycles. The van der Waals surface area contributed by atoms with Gasteiger partial charge in [-0.3, -0.25) is 4.90 Å². The summed E-state index contributed by atoms with van der Waals surface area (Å²) >= 11 is 0. The Kier molecular flexibility index (Phi) is 4.81. The van der Waals surface area contributed by atoms with Gasteiger partial charge in [-0.25, -0.2) is 0 Å². The second-order valence-electron chi connectivity index (χ2n) is 6.57. The van der Waals surface area contributed by atoms with E-state index in [4.69, 9.17) is 10.5 Å². The molecule has 1 aliphatic heterocycles. The monoisotopic (exact) mass is 288 g/mol. The van der Waals surface area contributed by atoms with E-state index < -0.39 is 0 Å². The molecule has 0 radical (unpaired) electrons. The third-order valence-electron chi connectivity index (χ3n) is 5.31. The van der Waals surface area contributed by atoms with E-state index in [9.17, 15) is 0 Å². The van der Waals surface area contributed by atoms with Crippen LogP contribution < -0.4 is 10.5 Å². The molecule has 2 aliphatic rings. The van der Waals surface area contributed by atoms with E-state index in [1.54, 1.807) is 7.11 Å². The molecule has 1 aliphatic carbocycles. The summed E-state index contributed by atoms with van der Waals surface area (Å²) in [4.78, 5) is 2.70. The molecule has 0 unspecified atom stereocenters. The molecule has 2 N–H and O–H groups in total. The van der Waals surface area contributed by atoms with Crippen LogP contribution in [0.2, 0.25) is 0 Å². The maximum Gasteiger partial charge on any atom is 0.123 e. The van der Waals surface area contributed by atoms with Crippen molar-refractivity contribution in [3.63, 3.8) is 0 Å². The van der Waals surface area contributed by atoms with Crippen LogP contribution in [0.25, 0.3) is 0 Å².